The molecule has 0 radical (unpaired) electrons. The summed E-state index contributed by atoms with van der Waals surface area (Å²) in [6.45, 7) is 7.70. The van der Waals surface area contributed by atoms with Gasteiger partial charge >= 0.3 is 0 Å². The number of aryl methyl sites for hydroxylation is 1. The highest BCUT2D eigenvalue weighted by atomic mass is 16.5. The maximum atomic E-state index is 6.09. The van der Waals surface area contributed by atoms with E-state index in [4.69, 9.17) is 10.5 Å². The van der Waals surface area contributed by atoms with Crippen molar-refractivity contribution in [2.24, 2.45) is 12.8 Å². The summed E-state index contributed by atoms with van der Waals surface area (Å²) in [5.41, 5.74) is 7.24. The molecule has 0 aliphatic rings. The third-order valence-electron chi connectivity index (χ3n) is 2.93. The number of rotatable bonds is 7. The Morgan fingerprint density at radius 1 is 1.44 bits per heavy atom. The lowest BCUT2D eigenvalue weighted by Gasteiger charge is -2.30. The monoisotopic (exact) mass is 254 g/mol. The molecule has 5 heteroatoms. The first kappa shape index (κ1) is 15.1. The van der Waals surface area contributed by atoms with Crippen LogP contribution in [0.2, 0.25) is 0 Å². The number of aromatic nitrogens is 2. The van der Waals surface area contributed by atoms with E-state index in [1.54, 1.807) is 0 Å². The highest BCUT2D eigenvalue weighted by Gasteiger charge is 2.22. The van der Waals surface area contributed by atoms with Crippen LogP contribution in [-0.4, -0.2) is 47.0 Å². The fraction of sp³-hybridized carbons (Fsp3) is 0.769. The highest BCUT2D eigenvalue weighted by molar-refractivity contribution is 5.12. The SMILES string of the molecule is CC(C)OCCN(C)C(c1cnn(C)c1)C(C)N. The van der Waals surface area contributed by atoms with Gasteiger partial charge in [-0.3, -0.25) is 9.58 Å². The Balaban J connectivity index is 2.61. The molecule has 1 heterocycles. The number of nitrogens with two attached hydrogens (primary N) is 1. The largest absolute Gasteiger partial charge is 0.377 e. The summed E-state index contributed by atoms with van der Waals surface area (Å²) in [5.74, 6) is 0. The van der Waals surface area contributed by atoms with Gasteiger partial charge in [-0.15, -0.1) is 0 Å². The zero-order valence-corrected chi connectivity index (χ0v) is 12.1. The molecule has 0 saturated carbocycles. The van der Waals surface area contributed by atoms with E-state index in [0.717, 1.165) is 18.7 Å². The van der Waals surface area contributed by atoms with Gasteiger partial charge in [-0.1, -0.05) is 0 Å². The van der Waals surface area contributed by atoms with Gasteiger partial charge in [0.25, 0.3) is 0 Å². The van der Waals surface area contributed by atoms with E-state index in [9.17, 15) is 0 Å². The summed E-state index contributed by atoms with van der Waals surface area (Å²) in [4.78, 5) is 2.23. The zero-order valence-electron chi connectivity index (χ0n) is 12.1. The van der Waals surface area contributed by atoms with E-state index in [1.807, 2.05) is 44.9 Å². The third kappa shape index (κ3) is 4.40. The lowest BCUT2D eigenvalue weighted by Crippen LogP contribution is -2.38. The van der Waals surface area contributed by atoms with Crippen molar-refractivity contribution in [1.82, 2.24) is 14.7 Å². The third-order valence-corrected chi connectivity index (χ3v) is 2.93. The van der Waals surface area contributed by atoms with Crippen molar-refractivity contribution in [2.45, 2.75) is 39.0 Å². The molecule has 0 bridgehead atoms. The van der Waals surface area contributed by atoms with Crippen LogP contribution in [0.4, 0.5) is 0 Å². The molecule has 1 aromatic rings. The standard InChI is InChI=1S/C13H26N4O/c1-10(2)18-7-6-16(4)13(11(3)14)12-8-15-17(5)9-12/h8-11,13H,6-7,14H2,1-5H3. The van der Waals surface area contributed by atoms with E-state index in [1.165, 1.54) is 0 Å². The smallest absolute Gasteiger partial charge is 0.0597 e. The average Bonchev–Trinajstić information content (AvgIpc) is 2.63. The Hall–Kier alpha value is -0.910. The van der Waals surface area contributed by atoms with Crippen molar-refractivity contribution in [1.29, 1.82) is 0 Å². The van der Waals surface area contributed by atoms with Gasteiger partial charge in [-0.05, 0) is 27.8 Å². The topological polar surface area (TPSA) is 56.3 Å². The molecule has 2 atom stereocenters. The number of likely N-dealkylation sites (N-methyl/N-ethyl adjacent to an activating group) is 1. The second-order valence-electron chi connectivity index (χ2n) is 5.15. The quantitative estimate of drug-likeness (QED) is 0.793. The number of nitrogens with zero attached hydrogens (tertiary/aromatic N) is 3. The van der Waals surface area contributed by atoms with E-state index in [0.29, 0.717) is 0 Å². The summed E-state index contributed by atoms with van der Waals surface area (Å²) >= 11 is 0. The minimum absolute atomic E-state index is 0.0539. The maximum Gasteiger partial charge on any atom is 0.0597 e. The fourth-order valence-corrected chi connectivity index (χ4v) is 2.12. The summed E-state index contributed by atoms with van der Waals surface area (Å²) in [7, 11) is 3.99. The molecule has 5 nitrogen and oxygen atoms in total. The van der Waals surface area contributed by atoms with E-state index in [2.05, 4.69) is 17.0 Å². The number of hydrogen-bond acceptors (Lipinski definition) is 4. The van der Waals surface area contributed by atoms with E-state index in [-0.39, 0.29) is 18.2 Å². The first-order valence-corrected chi connectivity index (χ1v) is 6.47. The van der Waals surface area contributed by atoms with Crippen LogP contribution < -0.4 is 5.73 Å². The zero-order chi connectivity index (χ0) is 13.7. The van der Waals surface area contributed by atoms with Gasteiger partial charge in [0.15, 0.2) is 0 Å². The molecular formula is C13H26N4O. The van der Waals surface area contributed by atoms with Gasteiger partial charge in [-0.25, -0.2) is 0 Å². The maximum absolute atomic E-state index is 6.09. The molecule has 0 saturated heterocycles. The van der Waals surface area contributed by atoms with Crippen LogP contribution in [0.3, 0.4) is 0 Å². The molecule has 104 valence electrons. The van der Waals surface area contributed by atoms with Crippen molar-refractivity contribution in [3.05, 3.63) is 18.0 Å². The Morgan fingerprint density at radius 2 is 2.11 bits per heavy atom. The molecule has 1 rings (SSSR count). The van der Waals surface area contributed by atoms with Crippen LogP contribution in [-0.2, 0) is 11.8 Å². The first-order chi connectivity index (χ1) is 8.41. The minimum atomic E-state index is 0.0539. The Labute approximate surface area is 110 Å². The van der Waals surface area contributed by atoms with Crippen LogP contribution in [0.5, 0.6) is 0 Å². The van der Waals surface area contributed by atoms with Gasteiger partial charge in [0.1, 0.15) is 0 Å². The van der Waals surface area contributed by atoms with Crippen molar-refractivity contribution < 1.29 is 4.74 Å². The van der Waals surface area contributed by atoms with Crippen molar-refractivity contribution in [2.75, 3.05) is 20.2 Å². The van der Waals surface area contributed by atoms with Crippen LogP contribution in [0.15, 0.2) is 12.4 Å². The number of ether oxygens (including phenoxy) is 1. The summed E-state index contributed by atoms with van der Waals surface area (Å²) < 4.78 is 7.39. The molecule has 2 N–H and O–H groups in total. The first-order valence-electron chi connectivity index (χ1n) is 6.47. The molecule has 0 fully saturated rings. The molecule has 1 aromatic heterocycles. The second kappa shape index (κ2) is 6.87. The van der Waals surface area contributed by atoms with Gasteiger partial charge in [0, 0.05) is 31.4 Å². The predicted molar refractivity (Wildman–Crippen MR) is 73.3 cm³/mol. The van der Waals surface area contributed by atoms with Gasteiger partial charge < -0.3 is 10.5 Å². The summed E-state index contributed by atoms with van der Waals surface area (Å²) in [6, 6.07) is 0.229. The molecule has 18 heavy (non-hydrogen) atoms. The van der Waals surface area contributed by atoms with Crippen molar-refractivity contribution in [3.8, 4) is 0 Å². The number of hydrogen-bond donors (Lipinski definition) is 1. The fourth-order valence-electron chi connectivity index (χ4n) is 2.12. The lowest BCUT2D eigenvalue weighted by atomic mass is 10.0. The molecular weight excluding hydrogens is 228 g/mol. The molecule has 0 aliphatic carbocycles. The van der Waals surface area contributed by atoms with Crippen LogP contribution in [0.1, 0.15) is 32.4 Å². The predicted octanol–water partition coefficient (Wildman–Crippen LogP) is 1.17. The normalized spacial score (nSPS) is 15.3. The van der Waals surface area contributed by atoms with E-state index >= 15 is 0 Å². The molecule has 0 aromatic carbocycles. The second-order valence-corrected chi connectivity index (χ2v) is 5.15. The van der Waals surface area contributed by atoms with Crippen LogP contribution >= 0.6 is 0 Å². The summed E-state index contributed by atoms with van der Waals surface area (Å²) in [5, 5.41) is 4.21. The summed E-state index contributed by atoms with van der Waals surface area (Å²) in [6.07, 6.45) is 4.17. The van der Waals surface area contributed by atoms with Gasteiger partial charge in [0.2, 0.25) is 0 Å². The minimum Gasteiger partial charge on any atom is -0.377 e. The molecule has 0 spiro atoms. The van der Waals surface area contributed by atoms with Crippen molar-refractivity contribution >= 4 is 0 Å². The van der Waals surface area contributed by atoms with E-state index < -0.39 is 0 Å². The van der Waals surface area contributed by atoms with Crippen LogP contribution in [0, 0.1) is 0 Å². The average molecular weight is 254 g/mol. The molecule has 2 unspecified atom stereocenters. The Morgan fingerprint density at radius 3 is 2.56 bits per heavy atom. The highest BCUT2D eigenvalue weighted by Crippen LogP contribution is 2.21. The van der Waals surface area contributed by atoms with Gasteiger partial charge in [0.05, 0.1) is 24.9 Å². The van der Waals surface area contributed by atoms with Gasteiger partial charge in [-0.2, -0.15) is 5.10 Å². The molecule has 0 amide bonds. The molecule has 0 aliphatic heterocycles. The van der Waals surface area contributed by atoms with Crippen LogP contribution in [0.25, 0.3) is 0 Å². The Kier molecular flexibility index (Phi) is 5.78. The van der Waals surface area contributed by atoms with Crippen molar-refractivity contribution in [3.63, 3.8) is 0 Å². The lowest BCUT2D eigenvalue weighted by molar-refractivity contribution is 0.0535. The Bertz CT molecular complexity index is 349.